The van der Waals surface area contributed by atoms with E-state index in [0.29, 0.717) is 42.1 Å². The van der Waals surface area contributed by atoms with Crippen LogP contribution in [0.3, 0.4) is 0 Å². The van der Waals surface area contributed by atoms with Crippen LogP contribution in [0.4, 0.5) is 9.18 Å². The zero-order valence-corrected chi connectivity index (χ0v) is 17.4. The highest BCUT2D eigenvalue weighted by Gasteiger charge is 2.39. The molecule has 1 aromatic heterocycles. The Morgan fingerprint density at radius 1 is 1.10 bits per heavy atom. The van der Waals surface area contributed by atoms with Crippen LogP contribution in [0.2, 0.25) is 0 Å². The van der Waals surface area contributed by atoms with Crippen molar-refractivity contribution in [1.82, 2.24) is 15.2 Å². The molecule has 2 amide bonds. The highest BCUT2D eigenvalue weighted by Crippen LogP contribution is 2.39. The standard InChI is InChI=1S/C23H26FN3O4/c1-30-20-14-19(8-11-25-20)31-23(29)27-12-9-16(10-13-27)21(15-2-3-15)26-22(28)17-4-6-18(24)7-5-17/h4-8,11,14-16,21H,2-3,9-10,12-13H2,1H3,(H,26,28). The Hall–Kier alpha value is -3.16. The lowest BCUT2D eigenvalue weighted by Gasteiger charge is -2.36. The molecule has 31 heavy (non-hydrogen) atoms. The number of amides is 2. The number of methoxy groups -OCH3 is 1. The highest BCUT2D eigenvalue weighted by atomic mass is 19.1. The number of pyridine rings is 1. The molecule has 2 aromatic rings. The van der Waals surface area contributed by atoms with Crippen LogP contribution in [0, 0.1) is 17.7 Å². The summed E-state index contributed by atoms with van der Waals surface area (Å²) in [4.78, 5) is 30.8. The zero-order chi connectivity index (χ0) is 21.8. The van der Waals surface area contributed by atoms with Crippen molar-refractivity contribution in [2.45, 2.75) is 31.7 Å². The lowest BCUT2D eigenvalue weighted by molar-refractivity contribution is 0.0870. The molecular formula is C23H26FN3O4. The molecule has 1 unspecified atom stereocenters. The number of hydrogen-bond acceptors (Lipinski definition) is 5. The van der Waals surface area contributed by atoms with E-state index in [1.807, 2.05) is 0 Å². The normalized spacial score (nSPS) is 17.7. The number of likely N-dealkylation sites (tertiary alicyclic amines) is 1. The van der Waals surface area contributed by atoms with Crippen LogP contribution in [0.25, 0.3) is 0 Å². The van der Waals surface area contributed by atoms with Gasteiger partial charge in [0.15, 0.2) is 0 Å². The molecule has 1 saturated heterocycles. The third-order valence-electron chi connectivity index (χ3n) is 5.96. The average molecular weight is 427 g/mol. The maximum Gasteiger partial charge on any atom is 0.415 e. The summed E-state index contributed by atoms with van der Waals surface area (Å²) in [6, 6.07) is 8.84. The number of nitrogens with one attached hydrogen (secondary N) is 1. The minimum absolute atomic E-state index is 0.0696. The maximum atomic E-state index is 13.1. The van der Waals surface area contributed by atoms with E-state index in [0.717, 1.165) is 25.7 Å². The molecule has 8 heteroatoms. The summed E-state index contributed by atoms with van der Waals surface area (Å²) in [7, 11) is 1.50. The molecule has 2 aliphatic rings. The van der Waals surface area contributed by atoms with Gasteiger partial charge in [-0.15, -0.1) is 0 Å². The van der Waals surface area contributed by atoms with E-state index in [1.165, 1.54) is 37.6 Å². The molecule has 1 atom stereocenters. The van der Waals surface area contributed by atoms with Crippen LogP contribution in [0.1, 0.15) is 36.0 Å². The molecule has 164 valence electrons. The Labute approximate surface area is 180 Å². The van der Waals surface area contributed by atoms with Crippen molar-refractivity contribution in [2.75, 3.05) is 20.2 Å². The fourth-order valence-electron chi connectivity index (χ4n) is 4.08. The molecule has 4 rings (SSSR count). The van der Waals surface area contributed by atoms with Crippen LogP contribution in [0.15, 0.2) is 42.6 Å². The molecule has 0 spiro atoms. The van der Waals surface area contributed by atoms with Crippen LogP contribution in [0.5, 0.6) is 11.6 Å². The second-order valence-corrected chi connectivity index (χ2v) is 8.07. The predicted octanol–water partition coefficient (Wildman–Crippen LogP) is 3.65. The summed E-state index contributed by atoms with van der Waals surface area (Å²) < 4.78 is 23.6. The Kier molecular flexibility index (Phi) is 6.34. The van der Waals surface area contributed by atoms with Crippen molar-refractivity contribution in [2.24, 2.45) is 11.8 Å². The van der Waals surface area contributed by atoms with Gasteiger partial charge in [0.2, 0.25) is 5.88 Å². The van der Waals surface area contributed by atoms with Gasteiger partial charge in [-0.2, -0.15) is 0 Å². The molecule has 1 N–H and O–H groups in total. The van der Waals surface area contributed by atoms with Crippen molar-refractivity contribution >= 4 is 12.0 Å². The van der Waals surface area contributed by atoms with Crippen molar-refractivity contribution < 1.29 is 23.5 Å². The van der Waals surface area contributed by atoms with E-state index in [-0.39, 0.29) is 17.8 Å². The lowest BCUT2D eigenvalue weighted by atomic mass is 9.86. The number of nitrogens with zero attached hydrogens (tertiary/aromatic N) is 2. The molecule has 2 fully saturated rings. The van der Waals surface area contributed by atoms with Gasteiger partial charge in [-0.05, 0) is 67.9 Å². The van der Waals surface area contributed by atoms with Gasteiger partial charge in [-0.3, -0.25) is 4.79 Å². The second-order valence-electron chi connectivity index (χ2n) is 8.07. The average Bonchev–Trinajstić information content (AvgIpc) is 3.63. The van der Waals surface area contributed by atoms with Gasteiger partial charge >= 0.3 is 6.09 Å². The van der Waals surface area contributed by atoms with E-state index in [9.17, 15) is 14.0 Å². The number of carbonyl (C=O) groups is 2. The molecule has 1 aliphatic heterocycles. The van der Waals surface area contributed by atoms with Gasteiger partial charge in [0.25, 0.3) is 5.91 Å². The summed E-state index contributed by atoms with van der Waals surface area (Å²) in [6.45, 7) is 1.14. The summed E-state index contributed by atoms with van der Waals surface area (Å²) in [6.07, 6.45) is 4.91. The lowest BCUT2D eigenvalue weighted by Crippen LogP contribution is -2.48. The SMILES string of the molecule is COc1cc(OC(=O)N2CCC(C(NC(=O)c3ccc(F)cc3)C3CC3)CC2)ccn1. The second kappa shape index (κ2) is 9.32. The van der Waals surface area contributed by atoms with Crippen molar-refractivity contribution in [3.63, 3.8) is 0 Å². The molecule has 0 radical (unpaired) electrons. The number of aromatic nitrogens is 1. The van der Waals surface area contributed by atoms with E-state index in [1.54, 1.807) is 17.0 Å². The van der Waals surface area contributed by atoms with E-state index < -0.39 is 6.09 Å². The van der Waals surface area contributed by atoms with Crippen molar-refractivity contribution in [1.29, 1.82) is 0 Å². The Balaban J connectivity index is 1.32. The van der Waals surface area contributed by atoms with Gasteiger partial charge in [0, 0.05) is 37.0 Å². The van der Waals surface area contributed by atoms with E-state index in [4.69, 9.17) is 9.47 Å². The number of halogens is 1. The molecule has 7 nitrogen and oxygen atoms in total. The van der Waals surface area contributed by atoms with E-state index in [2.05, 4.69) is 10.3 Å². The fraction of sp³-hybridized carbons (Fsp3) is 0.435. The Morgan fingerprint density at radius 2 is 1.77 bits per heavy atom. The summed E-state index contributed by atoms with van der Waals surface area (Å²) >= 11 is 0. The summed E-state index contributed by atoms with van der Waals surface area (Å²) in [5.41, 5.74) is 0.459. The molecule has 0 bridgehead atoms. The minimum Gasteiger partial charge on any atom is -0.481 e. The predicted molar refractivity (Wildman–Crippen MR) is 111 cm³/mol. The van der Waals surface area contributed by atoms with Gasteiger partial charge in [-0.25, -0.2) is 14.2 Å². The van der Waals surface area contributed by atoms with Crippen LogP contribution >= 0.6 is 0 Å². The number of hydrogen-bond donors (Lipinski definition) is 1. The third kappa shape index (κ3) is 5.31. The first-order chi connectivity index (χ1) is 15.0. The molecular weight excluding hydrogens is 401 g/mol. The van der Waals surface area contributed by atoms with Crippen molar-refractivity contribution in [3.8, 4) is 11.6 Å². The molecule has 1 aliphatic carbocycles. The summed E-state index contributed by atoms with van der Waals surface area (Å²) in [5.74, 6) is 0.999. The monoisotopic (exact) mass is 427 g/mol. The van der Waals surface area contributed by atoms with Crippen molar-refractivity contribution in [3.05, 3.63) is 54.0 Å². The number of carbonyl (C=O) groups excluding carboxylic acids is 2. The maximum absolute atomic E-state index is 13.1. The number of piperidine rings is 1. The smallest absolute Gasteiger partial charge is 0.415 e. The largest absolute Gasteiger partial charge is 0.481 e. The van der Waals surface area contributed by atoms with Gasteiger partial charge in [0.05, 0.1) is 7.11 Å². The van der Waals surface area contributed by atoms with Gasteiger partial charge in [0.1, 0.15) is 11.6 Å². The van der Waals surface area contributed by atoms with Crippen LogP contribution in [-0.2, 0) is 0 Å². The zero-order valence-electron chi connectivity index (χ0n) is 17.4. The Bertz CT molecular complexity index is 925. The topological polar surface area (TPSA) is 80.8 Å². The third-order valence-corrected chi connectivity index (χ3v) is 5.96. The minimum atomic E-state index is -0.398. The molecule has 1 aromatic carbocycles. The highest BCUT2D eigenvalue weighted by molar-refractivity contribution is 5.94. The van der Waals surface area contributed by atoms with Crippen LogP contribution in [-0.4, -0.2) is 48.1 Å². The first-order valence-corrected chi connectivity index (χ1v) is 10.6. The summed E-state index contributed by atoms with van der Waals surface area (Å²) in [5, 5.41) is 3.16. The van der Waals surface area contributed by atoms with E-state index >= 15 is 0 Å². The number of ether oxygens (including phenoxy) is 2. The Morgan fingerprint density at radius 3 is 2.42 bits per heavy atom. The quantitative estimate of drug-likeness (QED) is 0.761. The first kappa shape index (κ1) is 21.1. The molecule has 1 saturated carbocycles. The fourth-order valence-corrected chi connectivity index (χ4v) is 4.08. The van der Waals surface area contributed by atoms with Gasteiger partial charge in [-0.1, -0.05) is 0 Å². The number of benzene rings is 1. The first-order valence-electron chi connectivity index (χ1n) is 10.6. The van der Waals surface area contributed by atoms with Crippen LogP contribution < -0.4 is 14.8 Å². The number of rotatable bonds is 6. The molecule has 2 heterocycles. The van der Waals surface area contributed by atoms with Gasteiger partial charge < -0.3 is 19.7 Å².